The van der Waals surface area contributed by atoms with E-state index in [0.717, 1.165) is 18.0 Å². The topological polar surface area (TPSA) is 35.2 Å². The molecule has 0 heterocycles. The Hall–Kier alpha value is -0.670. The van der Waals surface area contributed by atoms with Crippen molar-refractivity contribution in [2.75, 3.05) is 19.4 Å². The zero-order chi connectivity index (χ0) is 12.7. The quantitative estimate of drug-likeness (QED) is 0.596. The lowest BCUT2D eigenvalue weighted by atomic mass is 9.88. The van der Waals surface area contributed by atoms with Crippen LogP contribution in [0.5, 0.6) is 5.75 Å². The van der Waals surface area contributed by atoms with Crippen molar-refractivity contribution in [3.8, 4) is 5.75 Å². The van der Waals surface area contributed by atoms with Crippen LogP contribution in [0.2, 0.25) is 0 Å². The molecule has 17 heavy (non-hydrogen) atoms. The minimum absolute atomic E-state index is 0.273. The number of nitrogens with two attached hydrogens (primary N) is 1. The standard InChI is InChI=1S/C14H23NOS/c1-14(2,11-15)8-5-9-17-13-7-4-6-12(10-13)16-3/h4,6-7,10H,5,8-9,11,15H2,1-3H3. The fraction of sp³-hybridized carbons (Fsp3) is 0.571. The lowest BCUT2D eigenvalue weighted by Gasteiger charge is -2.21. The van der Waals surface area contributed by atoms with Crippen LogP contribution in [0, 0.1) is 5.41 Å². The molecule has 0 spiro atoms. The van der Waals surface area contributed by atoms with Gasteiger partial charge >= 0.3 is 0 Å². The summed E-state index contributed by atoms with van der Waals surface area (Å²) in [7, 11) is 1.70. The predicted octanol–water partition coefficient (Wildman–Crippen LogP) is 3.55. The van der Waals surface area contributed by atoms with E-state index in [1.54, 1.807) is 7.11 Å². The minimum atomic E-state index is 0.273. The van der Waals surface area contributed by atoms with E-state index in [9.17, 15) is 0 Å². The van der Waals surface area contributed by atoms with Crippen molar-refractivity contribution in [3.05, 3.63) is 24.3 Å². The Bertz CT molecular complexity index is 339. The number of benzene rings is 1. The first-order valence-corrected chi connectivity index (χ1v) is 7.03. The molecule has 1 aromatic rings. The molecule has 0 aromatic heterocycles. The molecule has 0 aliphatic rings. The summed E-state index contributed by atoms with van der Waals surface area (Å²) < 4.78 is 5.20. The molecule has 2 N–H and O–H groups in total. The second-order valence-electron chi connectivity index (χ2n) is 5.00. The molecular formula is C14H23NOS. The molecule has 1 rings (SSSR count). The van der Waals surface area contributed by atoms with Gasteiger partial charge in [0.1, 0.15) is 5.75 Å². The molecule has 0 unspecified atom stereocenters. The van der Waals surface area contributed by atoms with Crippen LogP contribution in [0.4, 0.5) is 0 Å². The maximum absolute atomic E-state index is 5.71. The molecule has 0 bridgehead atoms. The smallest absolute Gasteiger partial charge is 0.119 e. The average Bonchev–Trinajstić information content (AvgIpc) is 2.35. The van der Waals surface area contributed by atoms with E-state index >= 15 is 0 Å². The normalized spacial score (nSPS) is 11.5. The summed E-state index contributed by atoms with van der Waals surface area (Å²) in [6.45, 7) is 5.21. The van der Waals surface area contributed by atoms with Crippen LogP contribution in [0.3, 0.4) is 0 Å². The van der Waals surface area contributed by atoms with Gasteiger partial charge < -0.3 is 10.5 Å². The van der Waals surface area contributed by atoms with Crippen LogP contribution in [0.25, 0.3) is 0 Å². The highest BCUT2D eigenvalue weighted by Crippen LogP contribution is 2.26. The van der Waals surface area contributed by atoms with E-state index in [2.05, 4.69) is 26.0 Å². The molecule has 2 nitrogen and oxygen atoms in total. The number of hydrogen-bond acceptors (Lipinski definition) is 3. The Labute approximate surface area is 109 Å². The molecule has 0 fully saturated rings. The summed E-state index contributed by atoms with van der Waals surface area (Å²) in [4.78, 5) is 1.27. The van der Waals surface area contributed by atoms with Gasteiger partial charge in [0.15, 0.2) is 0 Å². The van der Waals surface area contributed by atoms with Crippen LogP contribution in [-0.4, -0.2) is 19.4 Å². The average molecular weight is 253 g/mol. The highest BCUT2D eigenvalue weighted by atomic mass is 32.2. The summed E-state index contributed by atoms with van der Waals surface area (Å²) in [5.41, 5.74) is 5.99. The largest absolute Gasteiger partial charge is 0.497 e. The van der Waals surface area contributed by atoms with Crippen molar-refractivity contribution < 1.29 is 4.74 Å². The predicted molar refractivity (Wildman–Crippen MR) is 75.8 cm³/mol. The van der Waals surface area contributed by atoms with E-state index in [4.69, 9.17) is 10.5 Å². The van der Waals surface area contributed by atoms with Crippen LogP contribution in [0.15, 0.2) is 29.2 Å². The van der Waals surface area contributed by atoms with E-state index in [1.165, 1.54) is 17.7 Å². The third-order valence-electron chi connectivity index (χ3n) is 2.86. The van der Waals surface area contributed by atoms with E-state index < -0.39 is 0 Å². The first-order chi connectivity index (χ1) is 8.07. The van der Waals surface area contributed by atoms with Gasteiger partial charge in [-0.1, -0.05) is 19.9 Å². The lowest BCUT2D eigenvalue weighted by molar-refractivity contribution is 0.345. The molecule has 0 aliphatic carbocycles. The lowest BCUT2D eigenvalue weighted by Crippen LogP contribution is -2.23. The van der Waals surface area contributed by atoms with Gasteiger partial charge in [0, 0.05) is 4.90 Å². The fourth-order valence-corrected chi connectivity index (χ4v) is 2.43. The maximum atomic E-state index is 5.71. The molecule has 1 aromatic carbocycles. The molecule has 0 amide bonds. The zero-order valence-corrected chi connectivity index (χ0v) is 11.8. The van der Waals surface area contributed by atoms with Gasteiger partial charge in [0.2, 0.25) is 0 Å². The summed E-state index contributed by atoms with van der Waals surface area (Å²) in [5.74, 6) is 2.06. The molecule has 0 atom stereocenters. The van der Waals surface area contributed by atoms with Crippen LogP contribution in [-0.2, 0) is 0 Å². The van der Waals surface area contributed by atoms with E-state index in [0.29, 0.717) is 0 Å². The minimum Gasteiger partial charge on any atom is -0.497 e. The zero-order valence-electron chi connectivity index (χ0n) is 11.0. The second-order valence-corrected chi connectivity index (χ2v) is 6.17. The number of rotatable bonds is 7. The second kappa shape index (κ2) is 6.92. The summed E-state index contributed by atoms with van der Waals surface area (Å²) in [5, 5.41) is 0. The number of hydrogen-bond donors (Lipinski definition) is 1. The van der Waals surface area contributed by atoms with Gasteiger partial charge in [-0.25, -0.2) is 0 Å². The van der Waals surface area contributed by atoms with Gasteiger partial charge in [-0.05, 0) is 48.8 Å². The number of methoxy groups -OCH3 is 1. The SMILES string of the molecule is COc1cccc(SCCCC(C)(C)CN)c1. The molecule has 0 saturated carbocycles. The Balaban J connectivity index is 2.31. The molecular weight excluding hydrogens is 230 g/mol. The summed E-state index contributed by atoms with van der Waals surface area (Å²) in [6, 6.07) is 8.21. The Morgan fingerprint density at radius 3 is 2.76 bits per heavy atom. The van der Waals surface area contributed by atoms with Crippen LogP contribution in [0.1, 0.15) is 26.7 Å². The van der Waals surface area contributed by atoms with Crippen LogP contribution >= 0.6 is 11.8 Å². The van der Waals surface area contributed by atoms with Gasteiger partial charge in [-0.15, -0.1) is 11.8 Å². The summed E-state index contributed by atoms with van der Waals surface area (Å²) >= 11 is 1.88. The molecule has 0 aliphatic heterocycles. The van der Waals surface area contributed by atoms with Gasteiger partial charge in [0.25, 0.3) is 0 Å². The molecule has 0 radical (unpaired) electrons. The number of ether oxygens (including phenoxy) is 1. The first-order valence-electron chi connectivity index (χ1n) is 6.04. The van der Waals surface area contributed by atoms with Crippen molar-refractivity contribution in [2.45, 2.75) is 31.6 Å². The van der Waals surface area contributed by atoms with Crippen molar-refractivity contribution in [3.63, 3.8) is 0 Å². The van der Waals surface area contributed by atoms with Crippen molar-refractivity contribution in [1.82, 2.24) is 0 Å². The number of thioether (sulfide) groups is 1. The van der Waals surface area contributed by atoms with Crippen molar-refractivity contribution in [2.24, 2.45) is 11.1 Å². The van der Waals surface area contributed by atoms with E-state index in [-0.39, 0.29) is 5.41 Å². The van der Waals surface area contributed by atoms with Gasteiger partial charge in [-0.2, -0.15) is 0 Å². The van der Waals surface area contributed by atoms with Gasteiger partial charge in [-0.3, -0.25) is 0 Å². The highest BCUT2D eigenvalue weighted by Gasteiger charge is 2.14. The first kappa shape index (κ1) is 14.4. The molecule has 3 heteroatoms. The van der Waals surface area contributed by atoms with Gasteiger partial charge in [0.05, 0.1) is 7.11 Å². The monoisotopic (exact) mass is 253 g/mol. The Kier molecular flexibility index (Phi) is 5.86. The third kappa shape index (κ3) is 5.46. The molecule has 0 saturated heterocycles. The Morgan fingerprint density at radius 2 is 2.12 bits per heavy atom. The fourth-order valence-electron chi connectivity index (χ4n) is 1.53. The van der Waals surface area contributed by atoms with Crippen LogP contribution < -0.4 is 10.5 Å². The third-order valence-corrected chi connectivity index (χ3v) is 3.94. The molecule has 96 valence electrons. The van der Waals surface area contributed by atoms with Crippen molar-refractivity contribution in [1.29, 1.82) is 0 Å². The maximum Gasteiger partial charge on any atom is 0.119 e. The Morgan fingerprint density at radius 1 is 1.35 bits per heavy atom. The highest BCUT2D eigenvalue weighted by molar-refractivity contribution is 7.99. The summed E-state index contributed by atoms with van der Waals surface area (Å²) in [6.07, 6.45) is 2.38. The van der Waals surface area contributed by atoms with Crippen molar-refractivity contribution >= 4 is 11.8 Å². The van der Waals surface area contributed by atoms with E-state index in [1.807, 2.05) is 23.9 Å².